The van der Waals surface area contributed by atoms with Gasteiger partial charge >= 0.3 is 0 Å². The zero-order valence-electron chi connectivity index (χ0n) is 24.3. The third kappa shape index (κ3) is 4.64. The normalized spacial score (nSPS) is 42.4. The molecule has 30 heavy (non-hydrogen) atoms. The summed E-state index contributed by atoms with van der Waals surface area (Å²) in [5, 5.41) is 30.7. The standard InChI is InChI=1S/C27H42O3/c1-25(2,30)11-5-13-27(14-15-27)24-10-9-23-20(6-4-12-26(23,24)3)8-7-19-16-21(28)18-22(29)17-19/h7-8,10,21-23,28-30H,4-6,9,11-18H2,1-3H3/b19-7-,20-8+/t21?,22-,23?,26+/m1/s1/i1D3,2D3. The van der Waals surface area contributed by atoms with Gasteiger partial charge in [-0.1, -0.05) is 41.9 Å². The zero-order valence-corrected chi connectivity index (χ0v) is 18.3. The highest BCUT2D eigenvalue weighted by molar-refractivity contribution is 5.39. The molecule has 3 heteroatoms. The van der Waals surface area contributed by atoms with Gasteiger partial charge in [0, 0.05) is 8.22 Å². The van der Waals surface area contributed by atoms with E-state index in [2.05, 4.69) is 25.2 Å². The minimum Gasteiger partial charge on any atom is -0.393 e. The monoisotopic (exact) mass is 420 g/mol. The summed E-state index contributed by atoms with van der Waals surface area (Å²) in [6, 6.07) is 0. The summed E-state index contributed by atoms with van der Waals surface area (Å²) in [4.78, 5) is 0. The first kappa shape index (κ1) is 15.8. The molecule has 0 bridgehead atoms. The maximum atomic E-state index is 10.7. The fourth-order valence-corrected chi connectivity index (χ4v) is 6.66. The number of fused-ring (bicyclic) bond motifs is 1. The number of allylic oxidation sites excluding steroid dienone is 5. The SMILES string of the molecule is [2H]C([2H])([2H])C(O)(CCCC1(C2=CCC3/C(=C/C=C4/CC(O)C[C@H](O)C4)CCC[C@]23C)CC1)C([2H])([2H])[2H]. The summed E-state index contributed by atoms with van der Waals surface area (Å²) in [5.41, 5.74) is 1.32. The van der Waals surface area contributed by atoms with Gasteiger partial charge in [0.15, 0.2) is 0 Å². The van der Waals surface area contributed by atoms with Gasteiger partial charge in [0.25, 0.3) is 0 Å². The van der Waals surface area contributed by atoms with Gasteiger partial charge in [-0.05, 0) is 108 Å². The van der Waals surface area contributed by atoms with E-state index < -0.39 is 31.5 Å². The Bertz CT molecular complexity index is 901. The van der Waals surface area contributed by atoms with Gasteiger partial charge in [0.2, 0.25) is 0 Å². The third-order valence-electron chi connectivity index (χ3n) is 8.24. The molecule has 3 N–H and O–H groups in total. The quantitative estimate of drug-likeness (QED) is 0.490. The Morgan fingerprint density at radius 2 is 1.90 bits per heavy atom. The molecule has 4 aliphatic carbocycles. The Labute approximate surface area is 191 Å². The van der Waals surface area contributed by atoms with E-state index in [0.717, 1.165) is 44.1 Å². The highest BCUT2D eigenvalue weighted by Gasteiger charge is 2.56. The molecule has 4 rings (SSSR count). The van der Waals surface area contributed by atoms with E-state index in [-0.39, 0.29) is 17.3 Å². The van der Waals surface area contributed by atoms with Gasteiger partial charge in [0.05, 0.1) is 17.8 Å². The molecule has 0 spiro atoms. The molecule has 0 aliphatic heterocycles. The first-order valence-electron chi connectivity index (χ1n) is 14.8. The van der Waals surface area contributed by atoms with Crippen molar-refractivity contribution < 1.29 is 23.5 Å². The first-order valence-corrected chi connectivity index (χ1v) is 11.8. The molecule has 0 aromatic carbocycles. The maximum Gasteiger partial charge on any atom is 0.0602 e. The molecule has 0 aromatic rings. The lowest BCUT2D eigenvalue weighted by Crippen LogP contribution is -2.33. The molecule has 0 saturated heterocycles. The van der Waals surface area contributed by atoms with Crippen LogP contribution in [0.5, 0.6) is 0 Å². The van der Waals surface area contributed by atoms with E-state index in [1.165, 1.54) is 11.1 Å². The first-order chi connectivity index (χ1) is 16.6. The van der Waals surface area contributed by atoms with Crippen LogP contribution in [0.4, 0.5) is 0 Å². The second kappa shape index (κ2) is 8.22. The summed E-state index contributed by atoms with van der Waals surface area (Å²) < 4.78 is 45.8. The maximum absolute atomic E-state index is 10.7. The lowest BCUT2D eigenvalue weighted by Gasteiger charge is -2.43. The van der Waals surface area contributed by atoms with Crippen LogP contribution >= 0.6 is 0 Å². The van der Waals surface area contributed by atoms with Gasteiger partial charge in [-0.3, -0.25) is 0 Å². The van der Waals surface area contributed by atoms with E-state index >= 15 is 0 Å². The minimum atomic E-state index is -2.96. The van der Waals surface area contributed by atoms with Gasteiger partial charge in [-0.2, -0.15) is 0 Å². The topological polar surface area (TPSA) is 60.7 Å². The highest BCUT2D eigenvalue weighted by Crippen LogP contribution is 2.67. The molecule has 0 aromatic heterocycles. The number of hydrogen-bond acceptors (Lipinski definition) is 3. The summed E-state index contributed by atoms with van der Waals surface area (Å²) in [6.45, 7) is -3.56. The predicted molar refractivity (Wildman–Crippen MR) is 122 cm³/mol. The number of rotatable bonds is 6. The van der Waals surface area contributed by atoms with Crippen molar-refractivity contribution in [3.8, 4) is 0 Å². The smallest absolute Gasteiger partial charge is 0.0602 e. The summed E-state index contributed by atoms with van der Waals surface area (Å²) in [6.07, 6.45) is 14.5. The Morgan fingerprint density at radius 1 is 1.17 bits per heavy atom. The molecule has 3 fully saturated rings. The molecule has 3 nitrogen and oxygen atoms in total. The van der Waals surface area contributed by atoms with Crippen molar-refractivity contribution in [2.45, 2.75) is 115 Å². The van der Waals surface area contributed by atoms with Crippen LogP contribution in [-0.4, -0.2) is 33.1 Å². The minimum absolute atomic E-state index is 0.00754. The largest absolute Gasteiger partial charge is 0.393 e. The lowest BCUT2D eigenvalue weighted by molar-refractivity contribution is 0.0608. The summed E-state index contributed by atoms with van der Waals surface area (Å²) >= 11 is 0. The number of aliphatic hydroxyl groups is 3. The molecule has 2 unspecified atom stereocenters. The van der Waals surface area contributed by atoms with E-state index in [1.54, 1.807) is 0 Å². The summed E-state index contributed by atoms with van der Waals surface area (Å²) in [7, 11) is 0. The summed E-state index contributed by atoms with van der Waals surface area (Å²) in [5.74, 6) is 0.413. The molecule has 4 atom stereocenters. The van der Waals surface area contributed by atoms with Crippen molar-refractivity contribution in [3.05, 3.63) is 34.9 Å². The van der Waals surface area contributed by atoms with Crippen LogP contribution in [-0.2, 0) is 0 Å². The molecule has 4 aliphatic rings. The predicted octanol–water partition coefficient (Wildman–Crippen LogP) is 5.60. The Hall–Kier alpha value is -0.900. The third-order valence-corrected chi connectivity index (χ3v) is 8.24. The Morgan fingerprint density at radius 3 is 2.57 bits per heavy atom. The van der Waals surface area contributed by atoms with Gasteiger partial charge in [-0.15, -0.1) is 0 Å². The second-order valence-electron chi connectivity index (χ2n) is 10.7. The van der Waals surface area contributed by atoms with Crippen molar-refractivity contribution in [2.75, 3.05) is 0 Å². The Kier molecular flexibility index (Phi) is 4.34. The Balaban J connectivity index is 1.46. The van der Waals surface area contributed by atoms with Crippen LogP contribution in [0.1, 0.15) is 106 Å². The van der Waals surface area contributed by atoms with Crippen LogP contribution in [0.3, 0.4) is 0 Å². The van der Waals surface area contributed by atoms with Crippen molar-refractivity contribution >= 4 is 0 Å². The van der Waals surface area contributed by atoms with Gasteiger partial charge in [0.1, 0.15) is 0 Å². The van der Waals surface area contributed by atoms with Gasteiger partial charge in [-0.25, -0.2) is 0 Å². The zero-order chi connectivity index (χ0) is 26.6. The molecular weight excluding hydrogens is 372 g/mol. The molecule has 0 heterocycles. The van der Waals surface area contributed by atoms with Crippen molar-refractivity contribution in [1.29, 1.82) is 0 Å². The van der Waals surface area contributed by atoms with E-state index in [4.69, 9.17) is 8.22 Å². The van der Waals surface area contributed by atoms with Crippen LogP contribution in [0, 0.1) is 16.7 Å². The van der Waals surface area contributed by atoms with E-state index in [9.17, 15) is 15.3 Å². The lowest BCUT2D eigenvalue weighted by atomic mass is 9.61. The molecule has 168 valence electrons. The molecule has 0 radical (unpaired) electrons. The number of aliphatic hydroxyl groups excluding tert-OH is 2. The van der Waals surface area contributed by atoms with Gasteiger partial charge < -0.3 is 15.3 Å². The highest BCUT2D eigenvalue weighted by atomic mass is 16.3. The van der Waals surface area contributed by atoms with Crippen LogP contribution in [0.25, 0.3) is 0 Å². The van der Waals surface area contributed by atoms with Crippen LogP contribution in [0.2, 0.25) is 0 Å². The van der Waals surface area contributed by atoms with Crippen LogP contribution < -0.4 is 0 Å². The molecule has 3 saturated carbocycles. The van der Waals surface area contributed by atoms with Crippen LogP contribution in [0.15, 0.2) is 34.9 Å². The molecule has 0 amide bonds. The average Bonchev–Trinajstić information content (AvgIpc) is 3.42. The van der Waals surface area contributed by atoms with E-state index in [0.29, 0.717) is 38.0 Å². The van der Waals surface area contributed by atoms with Crippen molar-refractivity contribution in [1.82, 2.24) is 0 Å². The van der Waals surface area contributed by atoms with E-state index in [1.807, 2.05) is 0 Å². The fraction of sp³-hybridized carbons (Fsp3) is 0.778. The number of hydrogen-bond donors (Lipinski definition) is 3. The molecular formula is C27H42O3. The fourth-order valence-electron chi connectivity index (χ4n) is 6.66. The second-order valence-corrected chi connectivity index (χ2v) is 10.7. The van der Waals surface area contributed by atoms with Crippen molar-refractivity contribution in [3.63, 3.8) is 0 Å². The average molecular weight is 421 g/mol. The van der Waals surface area contributed by atoms with Crippen molar-refractivity contribution in [2.24, 2.45) is 16.7 Å².